The molecule has 4 N–H and O–H groups in total. The molecule has 0 radical (unpaired) electrons. The number of nitrogen functional groups attached to an aromatic ring is 1. The minimum Gasteiger partial charge on any atom is -0.481 e. The van der Waals surface area contributed by atoms with Gasteiger partial charge in [-0.1, -0.05) is 86.5 Å². The van der Waals surface area contributed by atoms with Crippen LogP contribution in [0.2, 0.25) is 0 Å². The number of hydrogen-bond acceptors (Lipinski definition) is 6. The number of halogens is 2. The van der Waals surface area contributed by atoms with E-state index in [0.29, 0.717) is 22.5 Å². The number of benzene rings is 4. The van der Waals surface area contributed by atoms with E-state index < -0.39 is 41.1 Å². The molecule has 6 rings (SSSR count). The molecule has 2 aliphatic rings. The summed E-state index contributed by atoms with van der Waals surface area (Å²) in [6.45, 7) is 0. The van der Waals surface area contributed by atoms with Crippen LogP contribution in [0.4, 0.5) is 17.1 Å². The Bertz CT molecular complexity index is 1780. The van der Waals surface area contributed by atoms with E-state index in [1.807, 2.05) is 0 Å². The molecule has 4 unspecified atom stereocenters. The highest BCUT2D eigenvalue weighted by Crippen LogP contribution is 2.58. The molecule has 1 fully saturated rings. The number of carbonyl (C=O) groups excluding carboxylic acids is 3. The predicted molar refractivity (Wildman–Crippen MR) is 170 cm³/mol. The van der Waals surface area contributed by atoms with Crippen molar-refractivity contribution in [3.05, 3.63) is 123 Å². The van der Waals surface area contributed by atoms with Crippen LogP contribution in [0.15, 0.2) is 106 Å². The zero-order valence-corrected chi connectivity index (χ0v) is 25.7. The van der Waals surface area contributed by atoms with Crippen molar-refractivity contribution in [2.24, 2.45) is 11.8 Å². The molecule has 0 aliphatic carbocycles. The lowest BCUT2D eigenvalue weighted by molar-refractivity contribution is -0.147. The SMILES string of the molecule is Nc1ccccc1N1C(CC(=O)c2ccc(Br)cc2)C(C(=O)c2ccc(Br)cc2)C(C(=O)O)C12C(=O)Nc1ccccc12. The van der Waals surface area contributed by atoms with E-state index in [1.54, 1.807) is 102 Å². The first-order chi connectivity index (χ1) is 20.6. The number of carboxylic acids is 1. The van der Waals surface area contributed by atoms with Crippen molar-refractivity contribution < 1.29 is 24.3 Å². The molecule has 2 aliphatic heterocycles. The van der Waals surface area contributed by atoms with Gasteiger partial charge >= 0.3 is 5.97 Å². The Morgan fingerprint density at radius 2 is 1.42 bits per heavy atom. The monoisotopic (exact) mass is 701 g/mol. The van der Waals surface area contributed by atoms with Crippen molar-refractivity contribution in [2.75, 3.05) is 16.0 Å². The smallest absolute Gasteiger partial charge is 0.310 e. The number of anilines is 3. The Hall–Kier alpha value is -4.28. The van der Waals surface area contributed by atoms with E-state index in [0.717, 1.165) is 8.95 Å². The van der Waals surface area contributed by atoms with Gasteiger partial charge in [-0.25, -0.2) is 0 Å². The maximum atomic E-state index is 14.5. The van der Waals surface area contributed by atoms with E-state index in [1.165, 1.54) is 0 Å². The predicted octanol–water partition coefficient (Wildman–Crippen LogP) is 6.30. The maximum Gasteiger partial charge on any atom is 0.310 e. The number of nitrogens with two attached hydrogens (primary N) is 1. The highest BCUT2D eigenvalue weighted by molar-refractivity contribution is 9.10. The molecule has 4 atom stereocenters. The second kappa shape index (κ2) is 11.1. The number of Topliss-reactive ketones (excluding diaryl/α,β-unsaturated/α-hetero) is 2. The number of carbonyl (C=O) groups is 4. The molecule has 43 heavy (non-hydrogen) atoms. The second-order valence-electron chi connectivity index (χ2n) is 10.6. The summed E-state index contributed by atoms with van der Waals surface area (Å²) in [6.07, 6.45) is -0.246. The first kappa shape index (κ1) is 28.8. The Balaban J connectivity index is 1.64. The lowest BCUT2D eigenvalue weighted by Crippen LogP contribution is -2.54. The second-order valence-corrected chi connectivity index (χ2v) is 12.4. The topological polar surface area (TPSA) is 130 Å². The normalized spacial score (nSPS) is 22.3. The first-order valence-electron chi connectivity index (χ1n) is 13.5. The number of ketones is 2. The highest BCUT2D eigenvalue weighted by atomic mass is 79.9. The van der Waals surface area contributed by atoms with Gasteiger partial charge in [0.25, 0.3) is 5.91 Å². The number of amides is 1. The maximum absolute atomic E-state index is 14.5. The van der Waals surface area contributed by atoms with Gasteiger partial charge in [-0.05, 0) is 42.5 Å². The van der Waals surface area contributed by atoms with E-state index in [2.05, 4.69) is 37.2 Å². The van der Waals surface area contributed by atoms with Crippen LogP contribution in [-0.4, -0.2) is 34.6 Å². The van der Waals surface area contributed by atoms with E-state index in [4.69, 9.17) is 5.73 Å². The summed E-state index contributed by atoms with van der Waals surface area (Å²) in [4.78, 5) is 57.7. The van der Waals surface area contributed by atoms with Crippen LogP contribution in [0.5, 0.6) is 0 Å². The lowest BCUT2D eigenvalue weighted by atomic mass is 9.72. The molecule has 0 saturated carbocycles. The zero-order chi connectivity index (χ0) is 30.5. The molecule has 0 bridgehead atoms. The van der Waals surface area contributed by atoms with Crippen LogP contribution in [-0.2, 0) is 15.1 Å². The molecule has 0 aromatic heterocycles. The van der Waals surface area contributed by atoms with Crippen molar-refractivity contribution in [2.45, 2.75) is 18.0 Å². The summed E-state index contributed by atoms with van der Waals surface area (Å²) in [6, 6.07) is 26.0. The Kier molecular flexibility index (Phi) is 7.43. The molecule has 2 heterocycles. The number of aliphatic carboxylic acids is 1. The highest BCUT2D eigenvalue weighted by Gasteiger charge is 2.70. The largest absolute Gasteiger partial charge is 0.481 e. The molecule has 4 aromatic carbocycles. The third-order valence-corrected chi connectivity index (χ3v) is 9.38. The number of nitrogens with zero attached hydrogens (tertiary/aromatic N) is 1. The van der Waals surface area contributed by atoms with Gasteiger partial charge in [-0.15, -0.1) is 0 Å². The average molecular weight is 703 g/mol. The summed E-state index contributed by atoms with van der Waals surface area (Å²) >= 11 is 6.77. The Labute approximate surface area is 264 Å². The minimum absolute atomic E-state index is 0.246. The third kappa shape index (κ3) is 4.65. The van der Waals surface area contributed by atoms with Gasteiger partial charge in [0.2, 0.25) is 0 Å². The number of nitrogens with one attached hydrogen (secondary N) is 1. The van der Waals surface area contributed by atoms with Gasteiger partial charge in [-0.3, -0.25) is 19.2 Å². The molecular weight excluding hydrogens is 678 g/mol. The first-order valence-corrected chi connectivity index (χ1v) is 15.1. The number of para-hydroxylation sites is 3. The van der Waals surface area contributed by atoms with Crippen LogP contribution in [0.3, 0.4) is 0 Å². The van der Waals surface area contributed by atoms with E-state index in [-0.39, 0.29) is 23.5 Å². The van der Waals surface area contributed by atoms with Crippen LogP contribution in [0.25, 0.3) is 0 Å². The molecule has 216 valence electrons. The van der Waals surface area contributed by atoms with Crippen LogP contribution in [0.1, 0.15) is 32.7 Å². The van der Waals surface area contributed by atoms with Crippen molar-refractivity contribution in [1.82, 2.24) is 0 Å². The lowest BCUT2D eigenvalue weighted by Gasteiger charge is -2.40. The standard InChI is InChI=1S/C33H25Br2N3O5/c34-20-13-9-18(10-14-20)27(39)17-26-28(30(40)19-11-15-21(35)16-12-19)29(31(41)42)33(38(26)25-8-4-2-6-23(25)36)22-5-1-3-7-24(22)37-32(33)43/h1-16,26,28-29H,17,36H2,(H,37,43)(H,41,42). The summed E-state index contributed by atoms with van der Waals surface area (Å²) < 4.78 is 1.53. The number of hydrogen-bond donors (Lipinski definition) is 3. The minimum atomic E-state index is -1.88. The van der Waals surface area contributed by atoms with Gasteiger partial charge in [0.1, 0.15) is 5.92 Å². The van der Waals surface area contributed by atoms with Crippen molar-refractivity contribution in [1.29, 1.82) is 0 Å². The Morgan fingerprint density at radius 3 is 2.05 bits per heavy atom. The number of carboxylic acid groups (broad SMARTS) is 1. The average Bonchev–Trinajstić information content (AvgIpc) is 3.45. The summed E-state index contributed by atoms with van der Waals surface area (Å²) in [5.41, 5.74) is 6.77. The fraction of sp³-hybridized carbons (Fsp3) is 0.152. The molecule has 1 saturated heterocycles. The van der Waals surface area contributed by atoms with E-state index in [9.17, 15) is 24.3 Å². The molecule has 8 nitrogen and oxygen atoms in total. The van der Waals surface area contributed by atoms with Crippen molar-refractivity contribution >= 4 is 72.4 Å². The van der Waals surface area contributed by atoms with Crippen LogP contribution < -0.4 is 16.0 Å². The Morgan fingerprint density at radius 1 is 0.837 bits per heavy atom. The molecular formula is C33H25Br2N3O5. The van der Waals surface area contributed by atoms with Gasteiger partial charge < -0.3 is 21.1 Å². The molecule has 4 aromatic rings. The summed E-state index contributed by atoms with van der Waals surface area (Å²) in [5, 5.41) is 13.8. The van der Waals surface area contributed by atoms with Gasteiger partial charge in [0.15, 0.2) is 17.1 Å². The fourth-order valence-corrected chi connectivity index (χ4v) is 7.10. The van der Waals surface area contributed by atoms with E-state index >= 15 is 0 Å². The molecule has 1 spiro atoms. The third-order valence-electron chi connectivity index (χ3n) is 8.32. The number of fused-ring (bicyclic) bond motifs is 2. The molecule has 1 amide bonds. The quantitative estimate of drug-likeness (QED) is 0.152. The number of rotatable bonds is 7. The van der Waals surface area contributed by atoms with Gasteiger partial charge in [0.05, 0.1) is 17.3 Å². The summed E-state index contributed by atoms with van der Waals surface area (Å²) in [7, 11) is 0. The fourth-order valence-electron chi connectivity index (χ4n) is 6.57. The van der Waals surface area contributed by atoms with Crippen molar-refractivity contribution in [3.63, 3.8) is 0 Å². The van der Waals surface area contributed by atoms with Crippen LogP contribution >= 0.6 is 31.9 Å². The molecule has 10 heteroatoms. The zero-order valence-electron chi connectivity index (χ0n) is 22.5. The van der Waals surface area contributed by atoms with Crippen LogP contribution in [0, 0.1) is 11.8 Å². The summed E-state index contributed by atoms with van der Waals surface area (Å²) in [5.74, 6) is -5.58. The van der Waals surface area contributed by atoms with Gasteiger partial charge in [-0.2, -0.15) is 0 Å². The van der Waals surface area contributed by atoms with Crippen molar-refractivity contribution in [3.8, 4) is 0 Å². The van der Waals surface area contributed by atoms with Gasteiger partial charge in [0, 0.05) is 43.8 Å².